The molecule has 0 bridgehead atoms. The Labute approximate surface area is 152 Å². The van der Waals surface area contributed by atoms with Gasteiger partial charge in [-0.1, -0.05) is 32.1 Å². The Kier molecular flexibility index (Phi) is 6.80. The lowest BCUT2D eigenvalue weighted by Gasteiger charge is -2.25. The van der Waals surface area contributed by atoms with E-state index in [0.717, 1.165) is 37.4 Å². The Bertz CT molecular complexity index is 376. The summed E-state index contributed by atoms with van der Waals surface area (Å²) in [4.78, 5) is 4.38. The maximum atomic E-state index is 5.83. The van der Waals surface area contributed by atoms with Gasteiger partial charge in [0.05, 0.1) is 5.60 Å². The summed E-state index contributed by atoms with van der Waals surface area (Å²) in [5, 5.41) is 7.07. The fourth-order valence-electron chi connectivity index (χ4n) is 4.08. The molecule has 4 nitrogen and oxygen atoms in total. The van der Waals surface area contributed by atoms with Crippen molar-refractivity contribution in [1.29, 1.82) is 0 Å². The van der Waals surface area contributed by atoms with Crippen LogP contribution in [-0.4, -0.2) is 37.8 Å². The smallest absolute Gasteiger partial charge is 0.191 e. The molecule has 5 heteroatoms. The number of halogens is 1. The van der Waals surface area contributed by atoms with E-state index in [1.807, 2.05) is 7.05 Å². The second-order valence-corrected chi connectivity index (χ2v) is 7.38. The molecule has 3 atom stereocenters. The lowest BCUT2D eigenvalue weighted by Crippen LogP contribution is -2.46. The molecule has 1 aliphatic heterocycles. The van der Waals surface area contributed by atoms with Crippen molar-refractivity contribution in [3.8, 4) is 0 Å². The summed E-state index contributed by atoms with van der Waals surface area (Å²) in [5.74, 6) is 2.81. The normalized spacial score (nSPS) is 35.8. The third kappa shape index (κ3) is 4.73. The van der Waals surface area contributed by atoms with Gasteiger partial charge in [0.15, 0.2) is 5.96 Å². The molecule has 0 aromatic rings. The molecule has 3 rings (SSSR count). The van der Waals surface area contributed by atoms with E-state index < -0.39 is 0 Å². The van der Waals surface area contributed by atoms with Gasteiger partial charge >= 0.3 is 0 Å². The molecule has 0 radical (unpaired) electrons. The summed E-state index contributed by atoms with van der Waals surface area (Å²) in [6.45, 7) is 3.95. The minimum absolute atomic E-state index is 0. The van der Waals surface area contributed by atoms with E-state index in [4.69, 9.17) is 4.74 Å². The van der Waals surface area contributed by atoms with Crippen molar-refractivity contribution in [3.05, 3.63) is 0 Å². The number of hydrogen-bond acceptors (Lipinski definition) is 2. The number of guanidine groups is 1. The number of nitrogens with zero attached hydrogens (tertiary/aromatic N) is 1. The van der Waals surface area contributed by atoms with Crippen LogP contribution in [0, 0.1) is 11.8 Å². The Balaban J connectivity index is 0.00000176. The second-order valence-electron chi connectivity index (χ2n) is 7.38. The van der Waals surface area contributed by atoms with E-state index >= 15 is 0 Å². The Morgan fingerprint density at radius 2 is 2.00 bits per heavy atom. The summed E-state index contributed by atoms with van der Waals surface area (Å²) in [6, 6.07) is 0.650. The van der Waals surface area contributed by atoms with Gasteiger partial charge in [-0.25, -0.2) is 0 Å². The second kappa shape index (κ2) is 8.18. The summed E-state index contributed by atoms with van der Waals surface area (Å²) in [5.41, 5.74) is -0.00998. The number of ether oxygens (including phenoxy) is 1. The molecule has 3 aliphatic rings. The van der Waals surface area contributed by atoms with Crippen LogP contribution < -0.4 is 10.6 Å². The van der Waals surface area contributed by atoms with E-state index in [2.05, 4.69) is 22.5 Å². The first-order chi connectivity index (χ1) is 10.2. The van der Waals surface area contributed by atoms with Crippen molar-refractivity contribution < 1.29 is 4.74 Å². The quantitative estimate of drug-likeness (QED) is 0.416. The molecule has 1 saturated heterocycles. The van der Waals surface area contributed by atoms with E-state index in [-0.39, 0.29) is 29.6 Å². The van der Waals surface area contributed by atoms with Crippen molar-refractivity contribution >= 4 is 29.9 Å². The largest absolute Gasteiger partial charge is 0.373 e. The lowest BCUT2D eigenvalue weighted by molar-refractivity contribution is 0.0242. The van der Waals surface area contributed by atoms with E-state index in [9.17, 15) is 0 Å². The standard InChI is InChI=1S/C17H31N3O.HI/c1-17(9-6-10-21-17)12-19-16(18-2)20-15-11-14(15)13-7-4-3-5-8-13;/h13-15H,3-12H2,1-2H3,(H2,18,19,20);1H. The monoisotopic (exact) mass is 421 g/mol. The highest BCUT2D eigenvalue weighted by molar-refractivity contribution is 14.0. The predicted octanol–water partition coefficient (Wildman–Crippen LogP) is 3.31. The fraction of sp³-hybridized carbons (Fsp3) is 0.941. The Morgan fingerprint density at radius 1 is 1.23 bits per heavy atom. The SMILES string of the molecule is CN=C(NCC1(C)CCCO1)NC1CC1C1CCCCC1.I. The van der Waals surface area contributed by atoms with Crippen molar-refractivity contribution in [2.24, 2.45) is 16.8 Å². The van der Waals surface area contributed by atoms with Crippen LogP contribution >= 0.6 is 24.0 Å². The summed E-state index contributed by atoms with van der Waals surface area (Å²) < 4.78 is 5.83. The average Bonchev–Trinajstić information content (AvgIpc) is 3.16. The Morgan fingerprint density at radius 3 is 2.64 bits per heavy atom. The van der Waals surface area contributed by atoms with E-state index in [1.54, 1.807) is 0 Å². The molecule has 22 heavy (non-hydrogen) atoms. The van der Waals surface area contributed by atoms with Gasteiger partial charge in [-0.05, 0) is 38.0 Å². The molecular weight excluding hydrogens is 389 g/mol. The molecule has 0 amide bonds. The molecule has 0 spiro atoms. The maximum absolute atomic E-state index is 5.83. The van der Waals surface area contributed by atoms with Crippen LogP contribution in [0.4, 0.5) is 0 Å². The summed E-state index contributed by atoms with van der Waals surface area (Å²) in [6.07, 6.45) is 10.9. The average molecular weight is 421 g/mol. The summed E-state index contributed by atoms with van der Waals surface area (Å²) in [7, 11) is 1.87. The molecule has 128 valence electrons. The fourth-order valence-corrected chi connectivity index (χ4v) is 4.08. The number of nitrogens with one attached hydrogen (secondary N) is 2. The first-order valence-corrected chi connectivity index (χ1v) is 8.81. The van der Waals surface area contributed by atoms with Crippen LogP contribution in [0.1, 0.15) is 58.3 Å². The minimum atomic E-state index is -0.00998. The Hall–Kier alpha value is -0.0400. The third-order valence-electron chi connectivity index (χ3n) is 5.57. The van der Waals surface area contributed by atoms with Crippen molar-refractivity contribution in [2.45, 2.75) is 69.9 Å². The van der Waals surface area contributed by atoms with Gasteiger partial charge in [-0.15, -0.1) is 24.0 Å². The van der Waals surface area contributed by atoms with E-state index in [0.29, 0.717) is 6.04 Å². The van der Waals surface area contributed by atoms with Gasteiger partial charge in [0.1, 0.15) is 0 Å². The summed E-state index contributed by atoms with van der Waals surface area (Å²) >= 11 is 0. The van der Waals surface area contributed by atoms with Gasteiger partial charge in [0.25, 0.3) is 0 Å². The van der Waals surface area contributed by atoms with Crippen LogP contribution in [0.5, 0.6) is 0 Å². The van der Waals surface area contributed by atoms with Gasteiger partial charge in [0, 0.05) is 26.2 Å². The molecule has 2 N–H and O–H groups in total. The highest BCUT2D eigenvalue weighted by Crippen LogP contribution is 2.44. The van der Waals surface area contributed by atoms with Crippen molar-refractivity contribution in [3.63, 3.8) is 0 Å². The van der Waals surface area contributed by atoms with Gasteiger partial charge in [-0.3, -0.25) is 4.99 Å². The molecule has 0 aromatic heterocycles. The molecule has 3 fully saturated rings. The zero-order chi connectivity index (χ0) is 14.7. The van der Waals surface area contributed by atoms with E-state index in [1.165, 1.54) is 44.9 Å². The number of rotatable bonds is 4. The van der Waals surface area contributed by atoms with Crippen LogP contribution in [0.15, 0.2) is 4.99 Å². The molecule has 0 aromatic carbocycles. The topological polar surface area (TPSA) is 45.7 Å². The predicted molar refractivity (Wildman–Crippen MR) is 102 cm³/mol. The van der Waals surface area contributed by atoms with Crippen molar-refractivity contribution in [1.82, 2.24) is 10.6 Å². The highest BCUT2D eigenvalue weighted by Gasteiger charge is 2.43. The number of hydrogen-bond donors (Lipinski definition) is 2. The van der Waals surface area contributed by atoms with Crippen LogP contribution in [-0.2, 0) is 4.74 Å². The molecule has 3 unspecified atom stereocenters. The highest BCUT2D eigenvalue weighted by atomic mass is 127. The molecule has 1 heterocycles. The lowest BCUT2D eigenvalue weighted by atomic mass is 9.85. The number of aliphatic imine (C=N–C) groups is 1. The van der Waals surface area contributed by atoms with Gasteiger partial charge < -0.3 is 15.4 Å². The van der Waals surface area contributed by atoms with Gasteiger partial charge in [0.2, 0.25) is 0 Å². The zero-order valence-electron chi connectivity index (χ0n) is 14.1. The van der Waals surface area contributed by atoms with Crippen LogP contribution in [0.3, 0.4) is 0 Å². The third-order valence-corrected chi connectivity index (χ3v) is 5.57. The van der Waals surface area contributed by atoms with Crippen LogP contribution in [0.25, 0.3) is 0 Å². The molecule has 2 aliphatic carbocycles. The van der Waals surface area contributed by atoms with Gasteiger partial charge in [-0.2, -0.15) is 0 Å². The first kappa shape index (κ1) is 18.3. The first-order valence-electron chi connectivity index (χ1n) is 8.81. The minimum Gasteiger partial charge on any atom is -0.373 e. The molecule has 2 saturated carbocycles. The zero-order valence-corrected chi connectivity index (χ0v) is 16.4. The van der Waals surface area contributed by atoms with Crippen molar-refractivity contribution in [2.75, 3.05) is 20.2 Å². The molecular formula is C17H32IN3O. The maximum Gasteiger partial charge on any atom is 0.191 e. The van der Waals surface area contributed by atoms with Crippen LogP contribution in [0.2, 0.25) is 0 Å².